The first-order valence-electron chi connectivity index (χ1n) is 9.54. The summed E-state index contributed by atoms with van der Waals surface area (Å²) < 4.78 is 1.59. The van der Waals surface area contributed by atoms with Crippen LogP contribution in [0, 0.1) is 17.0 Å². The zero-order chi connectivity index (χ0) is 21.3. The number of hydrogen-bond acceptors (Lipinski definition) is 8. The molecule has 0 radical (unpaired) electrons. The summed E-state index contributed by atoms with van der Waals surface area (Å²) in [5.41, 5.74) is 0.672. The van der Waals surface area contributed by atoms with E-state index >= 15 is 0 Å². The maximum absolute atomic E-state index is 12.7. The quantitative estimate of drug-likeness (QED) is 0.359. The molecule has 0 N–H and O–H groups in total. The predicted molar refractivity (Wildman–Crippen MR) is 111 cm³/mol. The lowest BCUT2D eigenvalue weighted by Gasteiger charge is -2.36. The molecule has 0 amide bonds. The molecule has 0 spiro atoms. The highest BCUT2D eigenvalue weighted by Crippen LogP contribution is 2.31. The Balaban J connectivity index is 1.55. The SMILES string of the molecule is Cc1nccc(N2CCN(c3ccc(C(=O)c4nccn4C)cc3[N+](=O)[O-])CC2)n1. The number of piperazine rings is 1. The third-order valence-electron chi connectivity index (χ3n) is 5.16. The fraction of sp³-hybridized carbons (Fsp3) is 0.300. The van der Waals surface area contributed by atoms with Gasteiger partial charge in [-0.3, -0.25) is 14.9 Å². The molecule has 154 valence electrons. The van der Waals surface area contributed by atoms with E-state index in [1.54, 1.807) is 36.1 Å². The molecule has 1 fully saturated rings. The summed E-state index contributed by atoms with van der Waals surface area (Å²) in [5, 5.41) is 11.7. The van der Waals surface area contributed by atoms with Gasteiger partial charge in [-0.25, -0.2) is 15.0 Å². The summed E-state index contributed by atoms with van der Waals surface area (Å²) in [6.45, 7) is 4.42. The second-order valence-electron chi connectivity index (χ2n) is 7.09. The van der Waals surface area contributed by atoms with E-state index in [-0.39, 0.29) is 22.9 Å². The largest absolute Gasteiger partial charge is 0.362 e. The van der Waals surface area contributed by atoms with E-state index in [1.807, 2.05) is 17.9 Å². The molecule has 1 saturated heterocycles. The lowest BCUT2D eigenvalue weighted by Crippen LogP contribution is -2.47. The number of nitro benzene ring substituents is 1. The number of aryl methyl sites for hydroxylation is 2. The van der Waals surface area contributed by atoms with Crippen molar-refractivity contribution in [3.8, 4) is 0 Å². The molecule has 0 bridgehead atoms. The van der Waals surface area contributed by atoms with Gasteiger partial charge in [0.2, 0.25) is 5.78 Å². The van der Waals surface area contributed by atoms with E-state index in [4.69, 9.17) is 0 Å². The van der Waals surface area contributed by atoms with Crippen LogP contribution in [0.4, 0.5) is 17.2 Å². The molecule has 10 nitrogen and oxygen atoms in total. The number of hydrogen-bond donors (Lipinski definition) is 0. The zero-order valence-electron chi connectivity index (χ0n) is 16.7. The maximum atomic E-state index is 12.7. The Labute approximate surface area is 173 Å². The van der Waals surface area contributed by atoms with Crippen molar-refractivity contribution in [3.05, 3.63) is 70.2 Å². The van der Waals surface area contributed by atoms with Crippen molar-refractivity contribution in [1.29, 1.82) is 0 Å². The lowest BCUT2D eigenvalue weighted by atomic mass is 10.1. The number of nitrogens with zero attached hydrogens (tertiary/aromatic N) is 7. The summed E-state index contributed by atoms with van der Waals surface area (Å²) in [6.07, 6.45) is 4.91. The fourth-order valence-corrected chi connectivity index (χ4v) is 3.59. The number of anilines is 2. The number of aromatic nitrogens is 4. The summed E-state index contributed by atoms with van der Waals surface area (Å²) in [5.74, 6) is 1.46. The Hall–Kier alpha value is -3.82. The average molecular weight is 407 g/mol. The average Bonchev–Trinajstić information content (AvgIpc) is 3.18. The molecule has 2 aromatic heterocycles. The van der Waals surface area contributed by atoms with Crippen LogP contribution in [0.25, 0.3) is 0 Å². The van der Waals surface area contributed by atoms with Gasteiger partial charge in [0.15, 0.2) is 5.82 Å². The standard InChI is InChI=1S/C20H21N7O3/c1-14-21-6-5-18(23-14)26-11-9-25(10-12-26)16-4-3-15(13-17(16)27(29)30)19(28)20-22-7-8-24(20)2/h3-8,13H,9-12H2,1-2H3. The monoisotopic (exact) mass is 407 g/mol. The Morgan fingerprint density at radius 1 is 1.07 bits per heavy atom. The van der Waals surface area contributed by atoms with Crippen LogP contribution < -0.4 is 9.80 Å². The molecule has 30 heavy (non-hydrogen) atoms. The smallest absolute Gasteiger partial charge is 0.293 e. The van der Waals surface area contributed by atoms with Crippen molar-refractivity contribution in [2.75, 3.05) is 36.0 Å². The van der Waals surface area contributed by atoms with E-state index < -0.39 is 4.92 Å². The van der Waals surface area contributed by atoms with Gasteiger partial charge in [0.05, 0.1) is 4.92 Å². The van der Waals surface area contributed by atoms with Crippen LogP contribution in [0.15, 0.2) is 42.9 Å². The van der Waals surface area contributed by atoms with Crippen LogP contribution in [0.1, 0.15) is 22.0 Å². The molecule has 3 heterocycles. The van der Waals surface area contributed by atoms with Crippen molar-refractivity contribution in [1.82, 2.24) is 19.5 Å². The molecule has 1 aliphatic heterocycles. The van der Waals surface area contributed by atoms with Gasteiger partial charge in [0, 0.05) is 63.4 Å². The molecule has 1 aromatic carbocycles. The number of carbonyl (C=O) groups excluding carboxylic acids is 1. The van der Waals surface area contributed by atoms with Crippen molar-refractivity contribution in [3.63, 3.8) is 0 Å². The van der Waals surface area contributed by atoms with Crippen LogP contribution in [-0.2, 0) is 7.05 Å². The molecule has 0 unspecified atom stereocenters. The number of ketones is 1. The molecule has 4 rings (SSSR count). The van der Waals surface area contributed by atoms with E-state index in [9.17, 15) is 14.9 Å². The lowest BCUT2D eigenvalue weighted by molar-refractivity contribution is -0.384. The van der Waals surface area contributed by atoms with Crippen LogP contribution >= 0.6 is 0 Å². The van der Waals surface area contributed by atoms with Gasteiger partial charge >= 0.3 is 0 Å². The fourth-order valence-electron chi connectivity index (χ4n) is 3.59. The minimum Gasteiger partial charge on any atom is -0.362 e. The van der Waals surface area contributed by atoms with Crippen LogP contribution in [0.2, 0.25) is 0 Å². The third-order valence-corrected chi connectivity index (χ3v) is 5.16. The van der Waals surface area contributed by atoms with Gasteiger partial charge in [-0.15, -0.1) is 0 Å². The summed E-state index contributed by atoms with van der Waals surface area (Å²) >= 11 is 0. The van der Waals surface area contributed by atoms with Crippen molar-refractivity contribution in [2.45, 2.75) is 6.92 Å². The Morgan fingerprint density at radius 2 is 1.80 bits per heavy atom. The maximum Gasteiger partial charge on any atom is 0.293 e. The molecule has 1 aliphatic rings. The second-order valence-corrected chi connectivity index (χ2v) is 7.09. The molecule has 10 heteroatoms. The van der Waals surface area contributed by atoms with Crippen LogP contribution in [-0.4, -0.2) is 56.4 Å². The minimum atomic E-state index is -0.440. The first-order chi connectivity index (χ1) is 14.4. The van der Waals surface area contributed by atoms with Gasteiger partial charge < -0.3 is 14.4 Å². The molecule has 0 saturated carbocycles. The number of rotatable bonds is 5. The van der Waals surface area contributed by atoms with Gasteiger partial charge in [-0.2, -0.15) is 0 Å². The van der Waals surface area contributed by atoms with E-state index in [2.05, 4.69) is 19.9 Å². The highest BCUT2D eigenvalue weighted by Gasteiger charge is 2.26. The number of nitro groups is 1. The predicted octanol–water partition coefficient (Wildman–Crippen LogP) is 1.98. The highest BCUT2D eigenvalue weighted by atomic mass is 16.6. The number of benzene rings is 1. The van der Waals surface area contributed by atoms with E-state index in [0.717, 1.165) is 5.82 Å². The molecular formula is C20H21N7O3. The van der Waals surface area contributed by atoms with Gasteiger partial charge in [-0.1, -0.05) is 0 Å². The van der Waals surface area contributed by atoms with E-state index in [0.29, 0.717) is 37.7 Å². The number of imidazole rings is 1. The second kappa shape index (κ2) is 7.90. The Bertz CT molecular complexity index is 1100. The normalized spacial score (nSPS) is 14.1. The van der Waals surface area contributed by atoms with Crippen LogP contribution in [0.5, 0.6) is 0 Å². The number of carbonyl (C=O) groups is 1. The Kier molecular flexibility index (Phi) is 5.13. The van der Waals surface area contributed by atoms with Gasteiger partial charge in [0.25, 0.3) is 5.69 Å². The summed E-state index contributed by atoms with van der Waals surface area (Å²) in [7, 11) is 1.71. The molecule has 0 atom stereocenters. The van der Waals surface area contributed by atoms with Crippen LogP contribution in [0.3, 0.4) is 0 Å². The molecule has 3 aromatic rings. The Morgan fingerprint density at radius 3 is 2.43 bits per heavy atom. The van der Waals surface area contributed by atoms with Crippen molar-refractivity contribution in [2.24, 2.45) is 7.05 Å². The third kappa shape index (κ3) is 3.71. The molecular weight excluding hydrogens is 386 g/mol. The van der Waals surface area contributed by atoms with Gasteiger partial charge in [0.1, 0.15) is 17.3 Å². The summed E-state index contributed by atoms with van der Waals surface area (Å²) in [4.78, 5) is 40.7. The molecule has 0 aliphatic carbocycles. The first kappa shape index (κ1) is 19.5. The minimum absolute atomic E-state index is 0.0820. The summed E-state index contributed by atoms with van der Waals surface area (Å²) in [6, 6.07) is 6.48. The van der Waals surface area contributed by atoms with Crippen molar-refractivity contribution >= 4 is 23.0 Å². The van der Waals surface area contributed by atoms with Crippen molar-refractivity contribution < 1.29 is 9.72 Å². The highest BCUT2D eigenvalue weighted by molar-refractivity contribution is 6.07. The zero-order valence-corrected chi connectivity index (χ0v) is 16.7. The van der Waals surface area contributed by atoms with E-state index in [1.165, 1.54) is 12.3 Å². The van der Waals surface area contributed by atoms with Gasteiger partial charge in [-0.05, 0) is 25.1 Å². The first-order valence-corrected chi connectivity index (χ1v) is 9.54. The topological polar surface area (TPSA) is 110 Å².